The van der Waals surface area contributed by atoms with Crippen LogP contribution in [0.5, 0.6) is 0 Å². The summed E-state index contributed by atoms with van der Waals surface area (Å²) in [6.45, 7) is 0.998. The Morgan fingerprint density at radius 1 is 1.32 bits per heavy atom. The van der Waals surface area contributed by atoms with E-state index in [4.69, 9.17) is 11.6 Å². The quantitative estimate of drug-likeness (QED) is 0.648. The first kappa shape index (κ1) is 16.8. The van der Waals surface area contributed by atoms with Gasteiger partial charge >= 0.3 is 0 Å². The number of likely N-dealkylation sites (N-methyl/N-ethyl adjacent to an activating group) is 1. The zero-order valence-corrected chi connectivity index (χ0v) is 14.1. The molecule has 0 saturated heterocycles. The molecule has 0 aliphatic carbocycles. The Bertz CT molecular complexity index is 634. The molecule has 2 aromatic rings. The lowest BCUT2D eigenvalue weighted by Crippen LogP contribution is -2.29. The zero-order valence-electron chi connectivity index (χ0n) is 12.5. The SMILES string of the molecule is CSc1ccc(CN(C)CC(=O)Nc2cccnc2Cl)cc1. The van der Waals surface area contributed by atoms with Crippen molar-refractivity contribution in [3.63, 3.8) is 0 Å². The van der Waals surface area contributed by atoms with Gasteiger partial charge in [0.15, 0.2) is 5.15 Å². The van der Waals surface area contributed by atoms with Gasteiger partial charge in [0, 0.05) is 17.6 Å². The smallest absolute Gasteiger partial charge is 0.238 e. The van der Waals surface area contributed by atoms with Crippen molar-refractivity contribution < 1.29 is 4.79 Å². The van der Waals surface area contributed by atoms with Crippen LogP contribution in [0.15, 0.2) is 47.5 Å². The summed E-state index contributed by atoms with van der Waals surface area (Å²) in [5.74, 6) is -0.113. The van der Waals surface area contributed by atoms with Crippen LogP contribution in [0.3, 0.4) is 0 Å². The monoisotopic (exact) mass is 335 g/mol. The van der Waals surface area contributed by atoms with Crippen LogP contribution in [0.4, 0.5) is 5.69 Å². The van der Waals surface area contributed by atoms with Crippen LogP contribution >= 0.6 is 23.4 Å². The van der Waals surface area contributed by atoms with E-state index in [-0.39, 0.29) is 12.5 Å². The molecule has 116 valence electrons. The lowest BCUT2D eigenvalue weighted by atomic mass is 10.2. The number of hydrogen-bond acceptors (Lipinski definition) is 4. The molecule has 0 saturated carbocycles. The normalized spacial score (nSPS) is 10.7. The third-order valence-corrected chi connectivity index (χ3v) is 4.10. The third-order valence-electron chi connectivity index (χ3n) is 3.06. The number of rotatable bonds is 6. The predicted octanol–water partition coefficient (Wildman–Crippen LogP) is 3.53. The summed E-state index contributed by atoms with van der Waals surface area (Å²) in [5, 5.41) is 3.06. The molecule has 0 atom stereocenters. The molecule has 22 heavy (non-hydrogen) atoms. The molecule has 0 aliphatic heterocycles. The van der Waals surface area contributed by atoms with E-state index in [0.29, 0.717) is 17.4 Å². The lowest BCUT2D eigenvalue weighted by molar-refractivity contribution is -0.117. The number of amides is 1. The fourth-order valence-corrected chi connectivity index (χ4v) is 2.59. The molecule has 1 aromatic carbocycles. The average molecular weight is 336 g/mol. The van der Waals surface area contributed by atoms with Crippen LogP contribution in [0.25, 0.3) is 0 Å². The maximum absolute atomic E-state index is 12.0. The summed E-state index contributed by atoms with van der Waals surface area (Å²) in [5.41, 5.74) is 1.71. The van der Waals surface area contributed by atoms with Crippen LogP contribution < -0.4 is 5.32 Å². The number of halogens is 1. The molecular weight excluding hydrogens is 318 g/mol. The van der Waals surface area contributed by atoms with Crippen molar-refractivity contribution in [1.29, 1.82) is 0 Å². The van der Waals surface area contributed by atoms with Crippen LogP contribution in [0.2, 0.25) is 5.15 Å². The van der Waals surface area contributed by atoms with Crippen LogP contribution in [0, 0.1) is 0 Å². The average Bonchev–Trinajstić information content (AvgIpc) is 2.50. The Kier molecular flexibility index (Phi) is 6.24. The molecule has 1 amide bonds. The van der Waals surface area contributed by atoms with Gasteiger partial charge in [0.05, 0.1) is 12.2 Å². The van der Waals surface area contributed by atoms with Gasteiger partial charge in [0.25, 0.3) is 0 Å². The molecule has 0 fully saturated rings. The largest absolute Gasteiger partial charge is 0.322 e. The van der Waals surface area contributed by atoms with Crippen molar-refractivity contribution in [3.05, 3.63) is 53.3 Å². The van der Waals surface area contributed by atoms with E-state index in [0.717, 1.165) is 0 Å². The molecule has 0 aliphatic rings. The number of aromatic nitrogens is 1. The first-order chi connectivity index (χ1) is 10.6. The number of pyridine rings is 1. The number of anilines is 1. The lowest BCUT2D eigenvalue weighted by Gasteiger charge is -2.16. The summed E-state index contributed by atoms with van der Waals surface area (Å²) in [4.78, 5) is 19.1. The second kappa shape index (κ2) is 8.17. The van der Waals surface area contributed by atoms with Gasteiger partial charge in [-0.2, -0.15) is 0 Å². The van der Waals surface area contributed by atoms with E-state index >= 15 is 0 Å². The van der Waals surface area contributed by atoms with Crippen molar-refractivity contribution in [3.8, 4) is 0 Å². The van der Waals surface area contributed by atoms with Gasteiger partial charge in [-0.05, 0) is 43.1 Å². The first-order valence-corrected chi connectivity index (χ1v) is 8.40. The van der Waals surface area contributed by atoms with Gasteiger partial charge in [-0.15, -0.1) is 11.8 Å². The van der Waals surface area contributed by atoms with Gasteiger partial charge < -0.3 is 5.32 Å². The molecule has 0 unspecified atom stereocenters. The number of carbonyl (C=O) groups is 1. The number of nitrogens with zero attached hydrogens (tertiary/aromatic N) is 2. The zero-order chi connectivity index (χ0) is 15.9. The second-order valence-corrected chi connectivity index (χ2v) is 6.15. The topological polar surface area (TPSA) is 45.2 Å². The molecule has 0 spiro atoms. The summed E-state index contributed by atoms with van der Waals surface area (Å²) >= 11 is 7.64. The van der Waals surface area contributed by atoms with Crippen LogP contribution in [0.1, 0.15) is 5.56 Å². The second-order valence-electron chi connectivity index (χ2n) is 4.91. The van der Waals surface area contributed by atoms with Gasteiger partial charge in [0.1, 0.15) is 0 Å². The molecule has 2 rings (SSSR count). The number of benzene rings is 1. The van der Waals surface area contributed by atoms with E-state index in [2.05, 4.69) is 40.8 Å². The predicted molar refractivity (Wildman–Crippen MR) is 92.4 cm³/mol. The van der Waals surface area contributed by atoms with Gasteiger partial charge in [-0.25, -0.2) is 4.98 Å². The minimum Gasteiger partial charge on any atom is -0.322 e. The summed E-state index contributed by atoms with van der Waals surface area (Å²) in [6.07, 6.45) is 3.64. The molecule has 1 N–H and O–H groups in total. The van der Waals surface area contributed by atoms with Crippen molar-refractivity contribution >= 4 is 35.0 Å². The number of thioether (sulfide) groups is 1. The van der Waals surface area contributed by atoms with E-state index < -0.39 is 0 Å². The fourth-order valence-electron chi connectivity index (χ4n) is 2.01. The van der Waals surface area contributed by atoms with Crippen molar-refractivity contribution in [2.45, 2.75) is 11.4 Å². The molecule has 1 aromatic heterocycles. The minimum atomic E-state index is -0.113. The number of carbonyl (C=O) groups excluding carboxylic acids is 1. The maximum atomic E-state index is 12.0. The molecule has 1 heterocycles. The Hall–Kier alpha value is -1.56. The number of hydrogen-bond donors (Lipinski definition) is 1. The van der Waals surface area contributed by atoms with Gasteiger partial charge in [-0.1, -0.05) is 23.7 Å². The molecular formula is C16H18ClN3OS. The molecule has 4 nitrogen and oxygen atoms in total. The summed E-state index contributed by atoms with van der Waals surface area (Å²) in [6, 6.07) is 11.8. The van der Waals surface area contributed by atoms with Crippen LogP contribution in [-0.4, -0.2) is 35.6 Å². The van der Waals surface area contributed by atoms with E-state index in [1.165, 1.54) is 10.5 Å². The Labute approximate surface area is 139 Å². The highest BCUT2D eigenvalue weighted by molar-refractivity contribution is 7.98. The highest BCUT2D eigenvalue weighted by Gasteiger charge is 2.09. The van der Waals surface area contributed by atoms with Crippen LogP contribution in [-0.2, 0) is 11.3 Å². The Morgan fingerprint density at radius 3 is 2.68 bits per heavy atom. The standard InChI is InChI=1S/C16H18ClN3OS/c1-20(10-12-5-7-13(22-2)8-6-12)11-15(21)19-14-4-3-9-18-16(14)17/h3-9H,10-11H2,1-2H3,(H,19,21). The summed E-state index contributed by atoms with van der Waals surface area (Å²) in [7, 11) is 1.91. The van der Waals surface area contributed by atoms with E-state index in [1.54, 1.807) is 30.1 Å². The molecule has 6 heteroatoms. The third kappa shape index (κ3) is 5.02. The molecule has 0 bridgehead atoms. The van der Waals surface area contributed by atoms with Gasteiger partial charge in [-0.3, -0.25) is 9.69 Å². The van der Waals surface area contributed by atoms with Gasteiger partial charge in [0.2, 0.25) is 5.91 Å². The highest BCUT2D eigenvalue weighted by atomic mass is 35.5. The summed E-state index contributed by atoms with van der Waals surface area (Å²) < 4.78 is 0. The van der Waals surface area contributed by atoms with E-state index in [1.807, 2.05) is 11.9 Å². The molecule has 0 radical (unpaired) electrons. The highest BCUT2D eigenvalue weighted by Crippen LogP contribution is 2.18. The fraction of sp³-hybridized carbons (Fsp3) is 0.250. The number of nitrogens with one attached hydrogen (secondary N) is 1. The Balaban J connectivity index is 1.87. The first-order valence-electron chi connectivity index (χ1n) is 6.80. The van der Waals surface area contributed by atoms with Crippen molar-refractivity contribution in [2.75, 3.05) is 25.2 Å². The Morgan fingerprint density at radius 2 is 2.05 bits per heavy atom. The maximum Gasteiger partial charge on any atom is 0.238 e. The van der Waals surface area contributed by atoms with E-state index in [9.17, 15) is 4.79 Å². The van der Waals surface area contributed by atoms with Crippen molar-refractivity contribution in [2.24, 2.45) is 0 Å². The van der Waals surface area contributed by atoms with Crippen molar-refractivity contribution in [1.82, 2.24) is 9.88 Å². The minimum absolute atomic E-state index is 0.113.